The van der Waals surface area contributed by atoms with Crippen molar-refractivity contribution in [3.05, 3.63) is 29.8 Å². The SMILES string of the molecule is CCOC(=O)NC(=O)COC(=O)Cc1ccccc1OC. The van der Waals surface area contributed by atoms with Gasteiger partial charge in [0.1, 0.15) is 5.75 Å². The Labute approximate surface area is 122 Å². The van der Waals surface area contributed by atoms with Gasteiger partial charge in [0.05, 0.1) is 20.1 Å². The van der Waals surface area contributed by atoms with E-state index in [0.717, 1.165) is 0 Å². The molecule has 1 N–H and O–H groups in total. The fourth-order valence-electron chi connectivity index (χ4n) is 1.52. The van der Waals surface area contributed by atoms with Gasteiger partial charge in [-0.2, -0.15) is 0 Å². The Morgan fingerprint density at radius 3 is 2.52 bits per heavy atom. The minimum atomic E-state index is -0.872. The van der Waals surface area contributed by atoms with E-state index in [4.69, 9.17) is 9.47 Å². The van der Waals surface area contributed by atoms with Crippen LogP contribution in [0.5, 0.6) is 5.75 Å². The molecule has 7 heteroatoms. The average Bonchev–Trinajstić information content (AvgIpc) is 2.46. The number of amides is 2. The summed E-state index contributed by atoms with van der Waals surface area (Å²) in [6.45, 7) is 1.21. The number of para-hydroxylation sites is 1. The quantitative estimate of drug-likeness (QED) is 0.789. The molecule has 0 aromatic heterocycles. The fourth-order valence-corrected chi connectivity index (χ4v) is 1.52. The van der Waals surface area contributed by atoms with Crippen LogP contribution in [0.25, 0.3) is 0 Å². The highest BCUT2D eigenvalue weighted by molar-refractivity contribution is 5.93. The molecule has 0 radical (unpaired) electrons. The lowest BCUT2D eigenvalue weighted by atomic mass is 10.1. The smallest absolute Gasteiger partial charge is 0.413 e. The van der Waals surface area contributed by atoms with Gasteiger partial charge < -0.3 is 14.2 Å². The zero-order valence-electron chi connectivity index (χ0n) is 11.9. The highest BCUT2D eigenvalue weighted by Crippen LogP contribution is 2.17. The minimum Gasteiger partial charge on any atom is -0.496 e. The van der Waals surface area contributed by atoms with Crippen LogP contribution in [0.3, 0.4) is 0 Å². The molecule has 0 fully saturated rings. The van der Waals surface area contributed by atoms with Crippen LogP contribution >= 0.6 is 0 Å². The molecule has 0 saturated carbocycles. The molecule has 0 heterocycles. The summed E-state index contributed by atoms with van der Waals surface area (Å²) in [7, 11) is 1.50. The van der Waals surface area contributed by atoms with E-state index in [-0.39, 0.29) is 13.0 Å². The molecule has 0 bridgehead atoms. The van der Waals surface area contributed by atoms with E-state index in [2.05, 4.69) is 4.74 Å². The van der Waals surface area contributed by atoms with Crippen molar-refractivity contribution in [2.24, 2.45) is 0 Å². The maximum Gasteiger partial charge on any atom is 0.413 e. The second-order valence-corrected chi connectivity index (χ2v) is 3.92. The Bertz CT molecular complexity index is 514. The van der Waals surface area contributed by atoms with Crippen LogP contribution in [0.1, 0.15) is 12.5 Å². The van der Waals surface area contributed by atoms with Crippen molar-refractivity contribution < 1.29 is 28.6 Å². The summed E-state index contributed by atoms with van der Waals surface area (Å²) in [6, 6.07) is 6.98. The van der Waals surface area contributed by atoms with Gasteiger partial charge in [-0.3, -0.25) is 14.9 Å². The molecule has 0 atom stereocenters. The van der Waals surface area contributed by atoms with Gasteiger partial charge in [0.2, 0.25) is 0 Å². The van der Waals surface area contributed by atoms with Crippen molar-refractivity contribution in [2.45, 2.75) is 13.3 Å². The molecule has 114 valence electrons. The van der Waals surface area contributed by atoms with E-state index in [1.54, 1.807) is 31.2 Å². The Hall–Kier alpha value is -2.57. The van der Waals surface area contributed by atoms with Crippen LogP contribution < -0.4 is 10.1 Å². The van der Waals surface area contributed by atoms with E-state index in [9.17, 15) is 14.4 Å². The molecule has 21 heavy (non-hydrogen) atoms. The molecule has 1 aromatic carbocycles. The first kappa shape index (κ1) is 16.5. The summed E-state index contributed by atoms with van der Waals surface area (Å²) in [6.07, 6.45) is -0.903. The van der Waals surface area contributed by atoms with Crippen molar-refractivity contribution in [2.75, 3.05) is 20.3 Å². The lowest BCUT2D eigenvalue weighted by Gasteiger charge is -2.08. The van der Waals surface area contributed by atoms with Crippen LogP contribution in [0.2, 0.25) is 0 Å². The van der Waals surface area contributed by atoms with Crippen LogP contribution in [-0.2, 0) is 25.5 Å². The maximum atomic E-state index is 11.6. The van der Waals surface area contributed by atoms with Gasteiger partial charge in [-0.15, -0.1) is 0 Å². The lowest BCUT2D eigenvalue weighted by molar-refractivity contribution is -0.147. The number of esters is 1. The molecule has 2 amide bonds. The summed E-state index contributed by atoms with van der Waals surface area (Å²) in [5.41, 5.74) is 0.649. The second-order valence-electron chi connectivity index (χ2n) is 3.92. The number of benzene rings is 1. The summed E-state index contributed by atoms with van der Waals surface area (Å²) in [5, 5.41) is 1.92. The van der Waals surface area contributed by atoms with Crippen molar-refractivity contribution >= 4 is 18.0 Å². The first-order valence-electron chi connectivity index (χ1n) is 6.31. The molecule has 0 saturated heterocycles. The number of imide groups is 1. The number of nitrogens with one attached hydrogen (secondary N) is 1. The molecule has 0 spiro atoms. The molecule has 0 unspecified atom stereocenters. The van der Waals surface area contributed by atoms with Gasteiger partial charge in [0.25, 0.3) is 5.91 Å². The molecule has 7 nitrogen and oxygen atoms in total. The third-order valence-corrected chi connectivity index (χ3v) is 2.41. The largest absolute Gasteiger partial charge is 0.496 e. The van der Waals surface area contributed by atoms with Crippen LogP contribution in [-0.4, -0.2) is 38.3 Å². The summed E-state index contributed by atoms with van der Waals surface area (Å²) in [5.74, 6) is -0.786. The van der Waals surface area contributed by atoms with Gasteiger partial charge in [0.15, 0.2) is 6.61 Å². The zero-order valence-corrected chi connectivity index (χ0v) is 11.9. The third kappa shape index (κ3) is 5.94. The number of alkyl carbamates (subject to hydrolysis) is 1. The Morgan fingerprint density at radius 2 is 1.86 bits per heavy atom. The molecule has 0 aliphatic heterocycles. The van der Waals surface area contributed by atoms with Gasteiger partial charge in [0, 0.05) is 5.56 Å². The lowest BCUT2D eigenvalue weighted by Crippen LogP contribution is -2.34. The average molecular weight is 295 g/mol. The van der Waals surface area contributed by atoms with Crippen LogP contribution in [0.4, 0.5) is 4.79 Å². The number of methoxy groups -OCH3 is 1. The topological polar surface area (TPSA) is 90.9 Å². The number of hydrogen-bond donors (Lipinski definition) is 1. The molecule has 1 rings (SSSR count). The third-order valence-electron chi connectivity index (χ3n) is 2.41. The zero-order chi connectivity index (χ0) is 15.7. The Kier molecular flexibility index (Phi) is 6.73. The predicted octanol–water partition coefficient (Wildman–Crippen LogP) is 1.05. The van der Waals surface area contributed by atoms with E-state index in [1.165, 1.54) is 7.11 Å². The number of carbonyl (C=O) groups excluding carboxylic acids is 3. The molecule has 0 aliphatic carbocycles. The normalized spacial score (nSPS) is 9.62. The number of carbonyl (C=O) groups is 3. The molecular weight excluding hydrogens is 278 g/mol. The first-order chi connectivity index (χ1) is 10.1. The van der Waals surface area contributed by atoms with Gasteiger partial charge >= 0.3 is 12.1 Å². The van der Waals surface area contributed by atoms with Gasteiger partial charge in [-0.05, 0) is 13.0 Å². The van der Waals surface area contributed by atoms with Crippen LogP contribution in [0.15, 0.2) is 24.3 Å². The van der Waals surface area contributed by atoms with E-state index in [1.807, 2.05) is 5.32 Å². The number of rotatable bonds is 6. The summed E-state index contributed by atoms with van der Waals surface area (Å²) in [4.78, 5) is 33.9. The van der Waals surface area contributed by atoms with Crippen molar-refractivity contribution in [1.82, 2.24) is 5.32 Å². The number of hydrogen-bond acceptors (Lipinski definition) is 6. The monoisotopic (exact) mass is 295 g/mol. The predicted molar refractivity (Wildman–Crippen MR) is 72.8 cm³/mol. The summed E-state index contributed by atoms with van der Waals surface area (Å²) < 4.78 is 14.4. The van der Waals surface area contributed by atoms with E-state index in [0.29, 0.717) is 11.3 Å². The minimum absolute atomic E-state index is 0.0311. The number of ether oxygens (including phenoxy) is 3. The summed E-state index contributed by atoms with van der Waals surface area (Å²) >= 11 is 0. The highest BCUT2D eigenvalue weighted by Gasteiger charge is 2.13. The van der Waals surface area contributed by atoms with Crippen molar-refractivity contribution in [3.8, 4) is 5.75 Å². The fraction of sp³-hybridized carbons (Fsp3) is 0.357. The Morgan fingerprint density at radius 1 is 1.14 bits per heavy atom. The van der Waals surface area contributed by atoms with Crippen molar-refractivity contribution in [3.63, 3.8) is 0 Å². The van der Waals surface area contributed by atoms with Gasteiger partial charge in [-0.1, -0.05) is 18.2 Å². The van der Waals surface area contributed by atoms with Gasteiger partial charge in [-0.25, -0.2) is 4.79 Å². The van der Waals surface area contributed by atoms with E-state index < -0.39 is 24.6 Å². The molecule has 1 aromatic rings. The molecule has 0 aliphatic rings. The maximum absolute atomic E-state index is 11.6. The van der Waals surface area contributed by atoms with E-state index >= 15 is 0 Å². The Balaban J connectivity index is 2.40. The first-order valence-corrected chi connectivity index (χ1v) is 6.31. The molecular formula is C14H17NO6. The standard InChI is InChI=1S/C14H17NO6/c1-3-20-14(18)15-12(16)9-21-13(17)8-10-6-4-5-7-11(10)19-2/h4-7H,3,8-9H2,1-2H3,(H,15,16,18). The highest BCUT2D eigenvalue weighted by atomic mass is 16.6. The van der Waals surface area contributed by atoms with Crippen LogP contribution in [0, 0.1) is 0 Å². The second kappa shape index (κ2) is 8.57. The van der Waals surface area contributed by atoms with Crippen molar-refractivity contribution in [1.29, 1.82) is 0 Å².